The maximum atomic E-state index is 13.5. The average Bonchev–Trinajstić information content (AvgIpc) is 2.38. The first kappa shape index (κ1) is 14.0. The highest BCUT2D eigenvalue weighted by atomic mass is 19.1. The second kappa shape index (κ2) is 5.69. The molecule has 0 aliphatic rings. The molecule has 0 fully saturated rings. The van der Waals surface area contributed by atoms with Crippen LogP contribution in [0.15, 0.2) is 36.4 Å². The van der Waals surface area contributed by atoms with Crippen molar-refractivity contribution >= 4 is 11.6 Å². The van der Waals surface area contributed by atoms with E-state index in [1.807, 2.05) is 6.92 Å². The van der Waals surface area contributed by atoms with Gasteiger partial charge in [0.25, 0.3) is 0 Å². The number of nitrogens with one attached hydrogen (secondary N) is 1. The van der Waals surface area contributed by atoms with Crippen LogP contribution in [0.25, 0.3) is 0 Å². The van der Waals surface area contributed by atoms with Crippen LogP contribution in [0.5, 0.6) is 0 Å². The van der Waals surface area contributed by atoms with E-state index in [2.05, 4.69) is 5.32 Å². The molecular formula is C15H14F2N2O. The molecule has 3 N–H and O–H groups in total. The first-order chi connectivity index (χ1) is 9.47. The summed E-state index contributed by atoms with van der Waals surface area (Å²) in [5.74, 6) is -1.75. The molecule has 0 unspecified atom stereocenters. The number of carbonyl (C=O) groups is 1. The van der Waals surface area contributed by atoms with Crippen LogP contribution in [0.4, 0.5) is 14.5 Å². The molecule has 0 aliphatic carbocycles. The van der Waals surface area contributed by atoms with E-state index >= 15 is 0 Å². The summed E-state index contributed by atoms with van der Waals surface area (Å²) in [4.78, 5) is 11.0. The lowest BCUT2D eigenvalue weighted by atomic mass is 10.0. The van der Waals surface area contributed by atoms with Crippen LogP contribution in [-0.2, 0) is 6.54 Å². The van der Waals surface area contributed by atoms with Crippen LogP contribution >= 0.6 is 0 Å². The molecule has 0 spiro atoms. The highest BCUT2D eigenvalue weighted by molar-refractivity contribution is 5.93. The summed E-state index contributed by atoms with van der Waals surface area (Å²) in [5.41, 5.74) is 7.62. The van der Waals surface area contributed by atoms with Crippen LogP contribution in [-0.4, -0.2) is 5.91 Å². The van der Waals surface area contributed by atoms with Gasteiger partial charge in [-0.05, 0) is 42.3 Å². The van der Waals surface area contributed by atoms with Gasteiger partial charge in [-0.1, -0.05) is 6.07 Å². The highest BCUT2D eigenvalue weighted by Gasteiger charge is 2.06. The van der Waals surface area contributed by atoms with Gasteiger partial charge in [0.2, 0.25) is 5.91 Å². The van der Waals surface area contributed by atoms with Gasteiger partial charge in [-0.3, -0.25) is 4.79 Å². The Hall–Kier alpha value is -2.43. The third-order valence-electron chi connectivity index (χ3n) is 3.03. The van der Waals surface area contributed by atoms with E-state index in [-0.39, 0.29) is 5.69 Å². The van der Waals surface area contributed by atoms with Crippen molar-refractivity contribution < 1.29 is 13.6 Å². The van der Waals surface area contributed by atoms with Gasteiger partial charge in [-0.15, -0.1) is 0 Å². The van der Waals surface area contributed by atoms with Crippen molar-refractivity contribution in [1.29, 1.82) is 0 Å². The molecule has 0 atom stereocenters. The van der Waals surface area contributed by atoms with Crippen LogP contribution in [0, 0.1) is 18.6 Å². The Morgan fingerprint density at radius 1 is 1.20 bits per heavy atom. The van der Waals surface area contributed by atoms with Crippen LogP contribution in [0.2, 0.25) is 0 Å². The molecule has 3 nitrogen and oxygen atoms in total. The summed E-state index contributed by atoms with van der Waals surface area (Å²) in [6.07, 6.45) is 0. The molecule has 0 aromatic heterocycles. The number of anilines is 1. The van der Waals surface area contributed by atoms with Gasteiger partial charge in [0.1, 0.15) is 11.6 Å². The molecule has 0 saturated heterocycles. The van der Waals surface area contributed by atoms with E-state index in [1.54, 1.807) is 18.2 Å². The predicted molar refractivity (Wildman–Crippen MR) is 73.4 cm³/mol. The zero-order chi connectivity index (χ0) is 14.7. The Labute approximate surface area is 115 Å². The molecule has 0 bridgehead atoms. The van der Waals surface area contributed by atoms with E-state index in [0.29, 0.717) is 12.1 Å². The quantitative estimate of drug-likeness (QED) is 0.902. The summed E-state index contributed by atoms with van der Waals surface area (Å²) in [6.45, 7) is 2.21. The number of primary amides is 1. The lowest BCUT2D eigenvalue weighted by Crippen LogP contribution is -2.12. The normalized spacial score (nSPS) is 10.3. The minimum Gasteiger partial charge on any atom is -0.379 e. The number of benzene rings is 2. The van der Waals surface area contributed by atoms with Crippen molar-refractivity contribution in [3.63, 3.8) is 0 Å². The largest absolute Gasteiger partial charge is 0.379 e. The maximum absolute atomic E-state index is 13.5. The Morgan fingerprint density at radius 2 is 1.95 bits per heavy atom. The predicted octanol–water partition coefficient (Wildman–Crippen LogP) is 2.98. The minimum absolute atomic E-state index is 0.227. The minimum atomic E-state index is -0.642. The number of nitrogens with two attached hydrogens (primary N) is 1. The number of amides is 1. The molecule has 0 saturated carbocycles. The molecule has 0 heterocycles. The Bertz CT molecular complexity index is 656. The molecular weight excluding hydrogens is 262 g/mol. The zero-order valence-corrected chi connectivity index (χ0v) is 10.9. The smallest absolute Gasteiger partial charge is 0.248 e. The summed E-state index contributed by atoms with van der Waals surface area (Å²) in [5, 5.41) is 2.89. The molecule has 2 rings (SSSR count). The molecule has 0 radical (unpaired) electrons. The zero-order valence-electron chi connectivity index (χ0n) is 10.9. The molecule has 2 aromatic carbocycles. The van der Waals surface area contributed by atoms with Crippen molar-refractivity contribution in [2.75, 3.05) is 5.32 Å². The maximum Gasteiger partial charge on any atom is 0.248 e. The molecule has 104 valence electrons. The fraction of sp³-hybridized carbons (Fsp3) is 0.133. The van der Waals surface area contributed by atoms with Gasteiger partial charge in [0.05, 0.1) is 5.69 Å². The monoisotopic (exact) mass is 276 g/mol. The summed E-state index contributed by atoms with van der Waals surface area (Å²) >= 11 is 0. The van der Waals surface area contributed by atoms with Gasteiger partial charge in [-0.25, -0.2) is 8.78 Å². The number of aryl methyl sites for hydroxylation is 1. The lowest BCUT2D eigenvalue weighted by molar-refractivity contribution is 0.1000. The van der Waals surface area contributed by atoms with Gasteiger partial charge in [0, 0.05) is 18.2 Å². The van der Waals surface area contributed by atoms with Gasteiger partial charge >= 0.3 is 0 Å². The third kappa shape index (κ3) is 3.12. The molecule has 20 heavy (non-hydrogen) atoms. The third-order valence-corrected chi connectivity index (χ3v) is 3.03. The molecule has 1 amide bonds. The van der Waals surface area contributed by atoms with Crippen LogP contribution < -0.4 is 11.1 Å². The Balaban J connectivity index is 2.13. The van der Waals surface area contributed by atoms with Gasteiger partial charge in [0.15, 0.2) is 0 Å². The van der Waals surface area contributed by atoms with E-state index in [0.717, 1.165) is 17.2 Å². The summed E-state index contributed by atoms with van der Waals surface area (Å²) < 4.78 is 26.2. The number of halogens is 2. The van der Waals surface area contributed by atoms with E-state index in [9.17, 15) is 13.6 Å². The first-order valence-electron chi connectivity index (χ1n) is 6.05. The highest BCUT2D eigenvalue weighted by Crippen LogP contribution is 2.17. The standard InChI is InChI=1S/C15H14F2N2O/c1-9-6-10(15(18)20)2-3-11(9)8-19-14-5-4-12(16)7-13(14)17/h2-7,19H,8H2,1H3,(H2,18,20). The van der Waals surface area contributed by atoms with Crippen molar-refractivity contribution in [3.05, 3.63) is 64.7 Å². The number of hydrogen-bond acceptors (Lipinski definition) is 2. The van der Waals surface area contributed by atoms with Crippen LogP contribution in [0.1, 0.15) is 21.5 Å². The fourth-order valence-electron chi connectivity index (χ4n) is 1.87. The second-order valence-electron chi connectivity index (χ2n) is 4.48. The molecule has 2 aromatic rings. The van der Waals surface area contributed by atoms with Crippen molar-refractivity contribution in [3.8, 4) is 0 Å². The first-order valence-corrected chi connectivity index (χ1v) is 6.05. The van der Waals surface area contributed by atoms with Crippen LogP contribution in [0.3, 0.4) is 0 Å². The SMILES string of the molecule is Cc1cc(C(N)=O)ccc1CNc1ccc(F)cc1F. The fourth-order valence-corrected chi connectivity index (χ4v) is 1.87. The number of carbonyl (C=O) groups excluding carboxylic acids is 1. The molecule has 0 aliphatic heterocycles. The van der Waals surface area contributed by atoms with Crippen molar-refractivity contribution in [2.45, 2.75) is 13.5 Å². The van der Waals surface area contributed by atoms with E-state index < -0.39 is 17.5 Å². The Kier molecular flexibility index (Phi) is 3.98. The second-order valence-corrected chi connectivity index (χ2v) is 4.48. The summed E-state index contributed by atoms with van der Waals surface area (Å²) in [7, 11) is 0. The topological polar surface area (TPSA) is 55.1 Å². The van der Waals surface area contributed by atoms with E-state index in [1.165, 1.54) is 12.1 Å². The van der Waals surface area contributed by atoms with Gasteiger partial charge < -0.3 is 11.1 Å². The van der Waals surface area contributed by atoms with Crippen molar-refractivity contribution in [2.24, 2.45) is 5.73 Å². The lowest BCUT2D eigenvalue weighted by Gasteiger charge is -2.10. The number of rotatable bonds is 4. The molecule has 5 heteroatoms. The van der Waals surface area contributed by atoms with Crippen molar-refractivity contribution in [1.82, 2.24) is 0 Å². The summed E-state index contributed by atoms with van der Waals surface area (Å²) in [6, 6.07) is 8.41. The number of hydrogen-bond donors (Lipinski definition) is 2. The average molecular weight is 276 g/mol. The van der Waals surface area contributed by atoms with E-state index in [4.69, 9.17) is 5.73 Å². The van der Waals surface area contributed by atoms with Gasteiger partial charge in [-0.2, -0.15) is 0 Å². The Morgan fingerprint density at radius 3 is 2.55 bits per heavy atom.